The molecule has 0 fully saturated rings. The van der Waals surface area contributed by atoms with Gasteiger partial charge in [-0.15, -0.1) is 0 Å². The van der Waals surface area contributed by atoms with Crippen molar-refractivity contribution < 1.29 is 13.2 Å². The number of nitrogens with zero attached hydrogens (tertiary/aromatic N) is 3. The Morgan fingerprint density at radius 2 is 1.65 bits per heavy atom. The Bertz CT molecular complexity index is 1560. The number of hydrogen-bond acceptors (Lipinski definition) is 4. The molecule has 1 aliphatic rings. The van der Waals surface area contributed by atoms with Gasteiger partial charge >= 0.3 is 5.69 Å². The lowest BCUT2D eigenvalue weighted by Crippen LogP contribution is -2.43. The zero-order valence-electron chi connectivity index (χ0n) is 17.2. The fraction of sp³-hybridized carbons (Fsp3) is 0.182. The Labute approximate surface area is 178 Å². The van der Waals surface area contributed by atoms with Crippen LogP contribution in [0.2, 0.25) is 0 Å². The van der Waals surface area contributed by atoms with Crippen LogP contribution in [-0.4, -0.2) is 29.5 Å². The first-order valence-electron chi connectivity index (χ1n) is 9.74. The molecule has 1 atom stereocenters. The van der Waals surface area contributed by atoms with E-state index in [-0.39, 0.29) is 10.6 Å². The van der Waals surface area contributed by atoms with E-state index in [1.54, 1.807) is 63.5 Å². The summed E-state index contributed by atoms with van der Waals surface area (Å²) in [6.07, 6.45) is 0. The molecule has 4 aromatic rings. The van der Waals surface area contributed by atoms with E-state index in [4.69, 9.17) is 0 Å². The lowest BCUT2D eigenvalue weighted by Gasteiger charge is -2.25. The number of aryl methyl sites for hydroxylation is 2. The maximum Gasteiger partial charge on any atom is 0.328 e. The summed E-state index contributed by atoms with van der Waals surface area (Å²) >= 11 is 0. The number of aromatic nitrogens is 2. The molecular formula is C22H20N4O4S. The molecule has 0 saturated heterocycles. The second-order valence-electron chi connectivity index (χ2n) is 7.70. The van der Waals surface area contributed by atoms with Crippen LogP contribution in [0.1, 0.15) is 6.92 Å². The first kappa shape index (κ1) is 19.4. The van der Waals surface area contributed by atoms with Crippen molar-refractivity contribution in [2.24, 2.45) is 14.1 Å². The van der Waals surface area contributed by atoms with Gasteiger partial charge < -0.3 is 5.32 Å². The summed E-state index contributed by atoms with van der Waals surface area (Å²) in [4.78, 5) is 25.4. The summed E-state index contributed by atoms with van der Waals surface area (Å²) in [7, 11) is -0.513. The zero-order valence-corrected chi connectivity index (χ0v) is 18.0. The Kier molecular flexibility index (Phi) is 4.03. The molecule has 1 aromatic heterocycles. The van der Waals surface area contributed by atoms with E-state index in [0.29, 0.717) is 22.3 Å². The number of anilines is 2. The van der Waals surface area contributed by atoms with Crippen LogP contribution >= 0.6 is 0 Å². The second-order valence-corrected chi connectivity index (χ2v) is 9.48. The number of sulfonamides is 1. The van der Waals surface area contributed by atoms with Crippen molar-refractivity contribution >= 4 is 49.1 Å². The molecule has 0 saturated carbocycles. The quantitative estimate of drug-likeness (QED) is 0.534. The van der Waals surface area contributed by atoms with Crippen LogP contribution in [0.25, 0.3) is 21.8 Å². The normalized spacial score (nSPS) is 15.5. The van der Waals surface area contributed by atoms with Crippen LogP contribution in [-0.2, 0) is 28.9 Å². The van der Waals surface area contributed by atoms with Crippen molar-refractivity contribution in [3.8, 4) is 0 Å². The molecule has 3 aromatic carbocycles. The third-order valence-electron chi connectivity index (χ3n) is 5.89. The average molecular weight is 436 g/mol. The standard InChI is InChI=1S/C22H20N4O4S/c1-13(21(27)23-15-10-11-16-18(12-15)25(3)22(28)24(16)2)26-17-8-4-6-14-7-5-9-19(20(14)17)31(26,29)30/h4-13H,1-3H3,(H,23,27)/t13-/m1/s1. The number of hydrogen-bond donors (Lipinski definition) is 1. The highest BCUT2D eigenvalue weighted by atomic mass is 32.2. The Hall–Kier alpha value is -3.59. The maximum atomic E-state index is 13.2. The lowest BCUT2D eigenvalue weighted by atomic mass is 10.1. The molecule has 8 nitrogen and oxygen atoms in total. The summed E-state index contributed by atoms with van der Waals surface area (Å²) < 4.78 is 30.7. The molecule has 158 valence electrons. The highest BCUT2D eigenvalue weighted by Crippen LogP contribution is 2.43. The molecule has 0 aliphatic carbocycles. The van der Waals surface area contributed by atoms with Crippen molar-refractivity contribution in [2.45, 2.75) is 17.9 Å². The van der Waals surface area contributed by atoms with E-state index in [2.05, 4.69) is 5.32 Å². The highest BCUT2D eigenvalue weighted by molar-refractivity contribution is 7.93. The highest BCUT2D eigenvalue weighted by Gasteiger charge is 2.40. The number of fused-ring (bicyclic) bond motifs is 1. The predicted molar refractivity (Wildman–Crippen MR) is 120 cm³/mol. The molecule has 0 radical (unpaired) electrons. The molecule has 0 spiro atoms. The van der Waals surface area contributed by atoms with Crippen molar-refractivity contribution in [1.29, 1.82) is 0 Å². The van der Waals surface area contributed by atoms with Crippen LogP contribution in [0, 0.1) is 0 Å². The van der Waals surface area contributed by atoms with E-state index in [1.807, 2.05) is 12.1 Å². The number of rotatable bonds is 3. The number of benzene rings is 3. The SMILES string of the molecule is C[C@H](C(=O)Nc1ccc2c(c1)n(C)c(=O)n2C)N1c2cccc3cccc(c23)S1(=O)=O. The van der Waals surface area contributed by atoms with E-state index >= 15 is 0 Å². The number of amides is 1. The van der Waals surface area contributed by atoms with E-state index in [9.17, 15) is 18.0 Å². The summed E-state index contributed by atoms with van der Waals surface area (Å²) in [5, 5.41) is 4.23. The van der Waals surface area contributed by atoms with Gasteiger partial charge in [0.2, 0.25) is 5.91 Å². The van der Waals surface area contributed by atoms with Crippen LogP contribution < -0.4 is 15.3 Å². The van der Waals surface area contributed by atoms with Crippen molar-refractivity contribution in [3.05, 3.63) is 65.1 Å². The van der Waals surface area contributed by atoms with Gasteiger partial charge in [0, 0.05) is 25.2 Å². The smallest absolute Gasteiger partial charge is 0.324 e. The fourth-order valence-electron chi connectivity index (χ4n) is 4.28. The number of nitrogens with one attached hydrogen (secondary N) is 1. The molecular weight excluding hydrogens is 416 g/mol. The van der Waals surface area contributed by atoms with Gasteiger partial charge in [-0.25, -0.2) is 13.2 Å². The number of carbonyl (C=O) groups excluding carboxylic acids is 1. The summed E-state index contributed by atoms with van der Waals surface area (Å²) in [6, 6.07) is 14.6. The van der Waals surface area contributed by atoms with Gasteiger partial charge in [0.05, 0.1) is 21.6 Å². The van der Waals surface area contributed by atoms with Gasteiger partial charge in [0.1, 0.15) is 6.04 Å². The van der Waals surface area contributed by atoms with Gasteiger partial charge in [-0.3, -0.25) is 18.2 Å². The van der Waals surface area contributed by atoms with Gasteiger partial charge in [0.25, 0.3) is 10.0 Å². The van der Waals surface area contributed by atoms with E-state index in [1.165, 1.54) is 13.4 Å². The largest absolute Gasteiger partial charge is 0.328 e. The minimum Gasteiger partial charge on any atom is -0.324 e. The minimum absolute atomic E-state index is 0.166. The molecule has 2 heterocycles. The van der Waals surface area contributed by atoms with Gasteiger partial charge in [-0.1, -0.05) is 24.3 Å². The van der Waals surface area contributed by atoms with Crippen LogP contribution in [0.5, 0.6) is 0 Å². The molecule has 9 heteroatoms. The van der Waals surface area contributed by atoms with Gasteiger partial charge in [0.15, 0.2) is 0 Å². The molecule has 5 rings (SSSR count). The maximum absolute atomic E-state index is 13.2. The van der Waals surface area contributed by atoms with Gasteiger partial charge in [-0.2, -0.15) is 0 Å². The summed E-state index contributed by atoms with van der Waals surface area (Å²) in [5.74, 6) is -0.464. The topological polar surface area (TPSA) is 93.4 Å². The van der Waals surface area contributed by atoms with Crippen LogP contribution in [0.3, 0.4) is 0 Å². The van der Waals surface area contributed by atoms with E-state index in [0.717, 1.165) is 10.9 Å². The third-order valence-corrected chi connectivity index (χ3v) is 7.82. The Morgan fingerprint density at radius 1 is 0.968 bits per heavy atom. The monoisotopic (exact) mass is 436 g/mol. The predicted octanol–water partition coefficient (Wildman–Crippen LogP) is 2.57. The lowest BCUT2D eigenvalue weighted by molar-refractivity contribution is -0.116. The van der Waals surface area contributed by atoms with Crippen molar-refractivity contribution in [2.75, 3.05) is 9.62 Å². The second kappa shape index (κ2) is 6.45. The summed E-state index contributed by atoms with van der Waals surface area (Å²) in [5.41, 5.74) is 2.22. The Morgan fingerprint density at radius 3 is 2.39 bits per heavy atom. The number of carbonyl (C=O) groups is 1. The molecule has 0 bridgehead atoms. The van der Waals surface area contributed by atoms with Crippen molar-refractivity contribution in [1.82, 2.24) is 9.13 Å². The molecule has 0 unspecified atom stereocenters. The minimum atomic E-state index is -3.85. The number of imidazole rings is 1. The first-order chi connectivity index (χ1) is 14.7. The molecule has 1 N–H and O–H groups in total. The molecule has 1 amide bonds. The van der Waals surface area contributed by atoms with Crippen molar-refractivity contribution in [3.63, 3.8) is 0 Å². The third kappa shape index (κ3) is 2.63. The summed E-state index contributed by atoms with van der Waals surface area (Å²) in [6.45, 7) is 1.56. The fourth-order valence-corrected chi connectivity index (χ4v) is 6.14. The van der Waals surface area contributed by atoms with Gasteiger partial charge in [-0.05, 0) is 42.6 Å². The zero-order chi connectivity index (χ0) is 22.1. The Balaban J connectivity index is 1.51. The van der Waals surface area contributed by atoms with E-state index < -0.39 is 22.0 Å². The average Bonchev–Trinajstić information content (AvgIpc) is 3.11. The first-order valence-corrected chi connectivity index (χ1v) is 11.2. The van der Waals surface area contributed by atoms with Crippen LogP contribution in [0.4, 0.5) is 11.4 Å². The molecule has 31 heavy (non-hydrogen) atoms. The molecule has 1 aliphatic heterocycles. The van der Waals surface area contributed by atoms with Crippen LogP contribution in [0.15, 0.2) is 64.3 Å².